The minimum atomic E-state index is -0.447. The van der Waals surface area contributed by atoms with E-state index in [1.54, 1.807) is 30.7 Å². The molecule has 0 bridgehead atoms. The number of aromatic nitrogens is 3. The van der Waals surface area contributed by atoms with Gasteiger partial charge in [-0.3, -0.25) is 29.3 Å². The van der Waals surface area contributed by atoms with E-state index < -0.39 is 5.92 Å². The maximum Gasteiger partial charge on any atom is 0.312 e. The third kappa shape index (κ3) is 13.6. The predicted molar refractivity (Wildman–Crippen MR) is 350 cm³/mol. The highest BCUT2D eigenvalue weighted by atomic mass is 16.6. The molecule has 15 heteroatoms. The first-order valence-corrected chi connectivity index (χ1v) is 32.0. The fraction of sp³-hybridized carbons (Fsp3) is 0.408. The first-order valence-electron chi connectivity index (χ1n) is 32.0. The zero-order chi connectivity index (χ0) is 64.6. The second kappa shape index (κ2) is 28.9. The number of pyridine rings is 3. The number of amides is 2. The number of fused-ring (bicyclic) bond motifs is 3. The Morgan fingerprint density at radius 2 is 0.912 bits per heavy atom. The number of allylic oxidation sites excluding steroid dienone is 3. The summed E-state index contributed by atoms with van der Waals surface area (Å²) in [6.45, 7) is 13.0. The zero-order valence-corrected chi connectivity index (χ0v) is 52.8. The van der Waals surface area contributed by atoms with E-state index in [0.717, 1.165) is 69.7 Å². The van der Waals surface area contributed by atoms with Crippen LogP contribution in [0.15, 0.2) is 146 Å². The van der Waals surface area contributed by atoms with Crippen LogP contribution in [0.1, 0.15) is 94.6 Å². The molecule has 0 unspecified atom stereocenters. The first-order chi connectivity index (χ1) is 44.0. The number of hydrogen-bond donors (Lipinski definition) is 4. The molecule has 3 aliphatic carbocycles. The Hall–Kier alpha value is -8.91. The number of aliphatic hydroxyl groups excluding tert-OH is 3. The molecule has 6 fully saturated rings. The maximum absolute atomic E-state index is 12.7. The van der Waals surface area contributed by atoms with Gasteiger partial charge < -0.3 is 30.3 Å². The van der Waals surface area contributed by atoms with E-state index >= 15 is 0 Å². The largest absolute Gasteiger partial charge is 0.462 e. The summed E-state index contributed by atoms with van der Waals surface area (Å²) in [6, 6.07) is 41.3. The van der Waals surface area contributed by atoms with E-state index in [2.05, 4.69) is 98.2 Å². The molecule has 3 saturated heterocycles. The second-order valence-corrected chi connectivity index (χ2v) is 26.1. The van der Waals surface area contributed by atoms with E-state index in [-0.39, 0.29) is 103 Å². The van der Waals surface area contributed by atoms with Crippen LogP contribution in [0.5, 0.6) is 0 Å². The quantitative estimate of drug-likeness (QED) is 0.0834. The SMILES string of the molecule is C[C@H]1[C@H](/C=C/c2ccc(-c3ccccc3C#N)cn2)[C@H]2[C@@H](C[C@@H]1C)N(C)C(=O)[C@@H]2CO.C[C@H]1[C@H](/C=C/c2ccc(-c3ccccc3C#N)cn2)[C@H]2[C@@H](C[C@@H]1C)NC(=O)[C@@H]2CO.C[C@H]1[C@H](/C=C/c2ccc(-c3ccccc3C#N)cn2)[C@H]2[C@@H](C[C@@H]1C)OC(=O)[C@@H]2CO. The Bertz CT molecular complexity index is 3630. The summed E-state index contributed by atoms with van der Waals surface area (Å²) in [7, 11) is 1.87. The van der Waals surface area contributed by atoms with Gasteiger partial charge in [0.15, 0.2) is 0 Å². The molecule has 3 aromatic carbocycles. The van der Waals surface area contributed by atoms with Gasteiger partial charge in [-0.25, -0.2) is 0 Å². The number of nitrogens with zero attached hydrogens (tertiary/aromatic N) is 7. The van der Waals surface area contributed by atoms with E-state index in [0.29, 0.717) is 52.2 Å². The van der Waals surface area contributed by atoms with Crippen LogP contribution >= 0.6 is 0 Å². The minimum Gasteiger partial charge on any atom is -0.462 e. The summed E-state index contributed by atoms with van der Waals surface area (Å²) < 4.78 is 5.58. The number of hydrogen-bond acceptors (Lipinski definition) is 13. The summed E-state index contributed by atoms with van der Waals surface area (Å²) in [5.41, 5.74) is 9.75. The van der Waals surface area contributed by atoms with Gasteiger partial charge in [-0.15, -0.1) is 0 Å². The monoisotopic (exact) mass is 1220 g/mol. The number of benzene rings is 3. The molecule has 91 heavy (non-hydrogen) atoms. The normalized spacial score (nSPS) is 30.6. The van der Waals surface area contributed by atoms with Gasteiger partial charge in [0.1, 0.15) is 6.10 Å². The van der Waals surface area contributed by atoms with Gasteiger partial charge in [-0.2, -0.15) is 15.8 Å². The smallest absolute Gasteiger partial charge is 0.312 e. The Morgan fingerprint density at radius 3 is 1.32 bits per heavy atom. The highest BCUT2D eigenvalue weighted by Crippen LogP contribution is 2.51. The van der Waals surface area contributed by atoms with Crippen molar-refractivity contribution < 1.29 is 34.4 Å². The number of carbonyl (C=O) groups excluding carboxylic acids is 3. The van der Waals surface area contributed by atoms with Crippen LogP contribution in [0.4, 0.5) is 0 Å². The van der Waals surface area contributed by atoms with Crippen LogP contribution in [0.25, 0.3) is 51.6 Å². The Labute approximate surface area is 534 Å². The van der Waals surface area contributed by atoms with Crippen molar-refractivity contribution in [2.75, 3.05) is 26.9 Å². The van der Waals surface area contributed by atoms with Crippen molar-refractivity contribution in [2.45, 2.75) is 79.0 Å². The molecule has 4 N–H and O–H groups in total. The highest BCUT2D eigenvalue weighted by Gasteiger charge is 2.55. The predicted octanol–water partition coefficient (Wildman–Crippen LogP) is 11.7. The molecule has 3 aromatic heterocycles. The molecule has 18 atom stereocenters. The summed E-state index contributed by atoms with van der Waals surface area (Å²) in [4.78, 5) is 52.7. The average Bonchev–Trinajstić information content (AvgIpc) is 1.69. The lowest BCUT2D eigenvalue weighted by molar-refractivity contribution is -0.145. The molecule has 6 aromatic rings. The molecule has 15 nitrogen and oxygen atoms in total. The molecule has 0 radical (unpaired) electrons. The Balaban J connectivity index is 0.000000150. The number of rotatable bonds is 12. The number of likely N-dealkylation sites (tertiary alicyclic amines) is 1. The highest BCUT2D eigenvalue weighted by molar-refractivity contribution is 5.83. The van der Waals surface area contributed by atoms with Gasteiger partial charge in [0, 0.05) is 77.0 Å². The molecule has 6 heterocycles. The fourth-order valence-corrected chi connectivity index (χ4v) is 15.6. The van der Waals surface area contributed by atoms with Gasteiger partial charge in [0.05, 0.1) is 89.6 Å². The third-order valence-electron chi connectivity index (χ3n) is 21.3. The standard InChI is InChI=1S/C26H29N3O2.C25H27N3O2.C25H26N2O3/c1-16-12-24-25(23(15-30)26(31)29(24)3)21(17(16)2)11-10-20-9-8-19(14-28-20)22-7-5-4-6-18(22)13-27;1-15-11-23-24(22(14-29)25(30)28-23)20(16(15)2)10-9-19-8-7-18(13-27-19)21-6-4-3-5-17(21)12-26;1-15-11-23-24(22(14-28)25(29)30-23)20(16(15)2)10-9-19-8-7-18(13-27-19)21-6-4-3-5-17(21)12-26/h4-11,14,16-17,21,23-25,30H,12,15H2,1-3H3;3-10,13,15-16,20,22-24,29H,11,14H2,1-2H3,(H,28,30);3-10,13,15-16,20,22-24,28H,11,14H2,1-2H3/b11-10+;2*10-9+/t16-,17+,21-,23+,24+,25+;2*15-,16+,20-,22+,23+,24+/m000/s1. The van der Waals surface area contributed by atoms with Crippen LogP contribution in [-0.2, 0) is 19.1 Å². The van der Waals surface area contributed by atoms with Crippen molar-refractivity contribution in [3.05, 3.63) is 180 Å². The summed E-state index contributed by atoms with van der Waals surface area (Å²) in [6.07, 6.45) is 20.6. The fourth-order valence-electron chi connectivity index (χ4n) is 15.6. The molecule has 3 saturated carbocycles. The number of esters is 1. The van der Waals surface area contributed by atoms with Gasteiger partial charge >= 0.3 is 5.97 Å². The number of nitrogens with one attached hydrogen (secondary N) is 1. The molecule has 0 spiro atoms. The van der Waals surface area contributed by atoms with Gasteiger partial charge in [0.2, 0.25) is 11.8 Å². The molecular weight excluding hydrogens is 1140 g/mol. The van der Waals surface area contributed by atoms with Crippen molar-refractivity contribution in [3.63, 3.8) is 0 Å². The molecule has 468 valence electrons. The molecule has 2 amide bonds. The van der Waals surface area contributed by atoms with Crippen LogP contribution in [-0.4, -0.2) is 98.0 Å². The summed E-state index contributed by atoms with van der Waals surface area (Å²) in [5, 5.41) is 60.5. The Kier molecular flexibility index (Phi) is 20.7. The molecule has 12 rings (SSSR count). The van der Waals surface area contributed by atoms with Crippen LogP contribution in [0, 0.1) is 123 Å². The van der Waals surface area contributed by atoms with Gasteiger partial charge in [-0.1, -0.05) is 133 Å². The average molecular weight is 1220 g/mol. The third-order valence-corrected chi connectivity index (χ3v) is 21.3. The van der Waals surface area contributed by atoms with Crippen molar-refractivity contribution in [1.82, 2.24) is 25.2 Å². The number of carbonyl (C=O) groups is 3. The van der Waals surface area contributed by atoms with Crippen molar-refractivity contribution in [1.29, 1.82) is 15.8 Å². The lowest BCUT2D eigenvalue weighted by Gasteiger charge is -2.43. The van der Waals surface area contributed by atoms with Crippen molar-refractivity contribution >= 4 is 36.0 Å². The van der Waals surface area contributed by atoms with Gasteiger partial charge in [-0.05, 0) is 139 Å². The van der Waals surface area contributed by atoms with E-state index in [9.17, 15) is 45.5 Å². The first kappa shape index (κ1) is 65.1. The van der Waals surface area contributed by atoms with Crippen molar-refractivity contribution in [3.8, 4) is 51.6 Å². The van der Waals surface area contributed by atoms with Gasteiger partial charge in [0.25, 0.3) is 0 Å². The summed E-state index contributed by atoms with van der Waals surface area (Å²) in [5.74, 6) is 2.14. The topological polar surface area (TPSA) is 246 Å². The van der Waals surface area contributed by atoms with Crippen LogP contribution in [0.3, 0.4) is 0 Å². The maximum atomic E-state index is 12.7. The summed E-state index contributed by atoms with van der Waals surface area (Å²) >= 11 is 0. The number of aliphatic hydroxyl groups is 3. The molecule has 3 aliphatic heterocycles. The van der Waals surface area contributed by atoms with E-state index in [1.807, 2.05) is 127 Å². The van der Waals surface area contributed by atoms with E-state index in [4.69, 9.17) is 4.74 Å². The minimum absolute atomic E-state index is 0.00623. The number of nitriles is 3. The molecule has 6 aliphatic rings. The van der Waals surface area contributed by atoms with E-state index in [1.165, 1.54) is 0 Å². The Morgan fingerprint density at radius 1 is 0.516 bits per heavy atom. The lowest BCUT2D eigenvalue weighted by atomic mass is 9.63. The van der Waals surface area contributed by atoms with Crippen LogP contribution in [0.2, 0.25) is 0 Å². The lowest BCUT2D eigenvalue weighted by Crippen LogP contribution is -2.44. The second-order valence-electron chi connectivity index (χ2n) is 26.1. The molecular formula is C76H82N8O7. The van der Waals surface area contributed by atoms with Crippen molar-refractivity contribution in [2.24, 2.45) is 88.8 Å². The number of ether oxygens (including phenoxy) is 1. The van der Waals surface area contributed by atoms with Crippen LogP contribution < -0.4 is 5.32 Å². The zero-order valence-electron chi connectivity index (χ0n) is 52.8.